The number of hydrogen-bond donors (Lipinski definition) is 3. The Balaban J connectivity index is 2.64. The van der Waals surface area contributed by atoms with Crippen molar-refractivity contribution in [2.45, 2.75) is 48.1 Å². The van der Waals surface area contributed by atoms with Crippen LogP contribution in [0.5, 0.6) is 5.75 Å². The summed E-state index contributed by atoms with van der Waals surface area (Å²) in [5, 5.41) is 9.41. The molecule has 0 aliphatic carbocycles. The molecule has 0 saturated heterocycles. The molecule has 1 rings (SSSR count). The van der Waals surface area contributed by atoms with Crippen molar-refractivity contribution in [2.24, 2.45) is 10.4 Å². The lowest BCUT2D eigenvalue weighted by atomic mass is 9.96. The van der Waals surface area contributed by atoms with Gasteiger partial charge in [-0.05, 0) is 32.4 Å². The number of hydrogen-bond acceptors (Lipinski definition) is 4. The highest BCUT2D eigenvalue weighted by Crippen LogP contribution is 2.21. The van der Waals surface area contributed by atoms with Gasteiger partial charge in [-0.15, -0.1) is 0 Å². The maximum atomic E-state index is 11.9. The van der Waals surface area contributed by atoms with E-state index in [1.165, 1.54) is 0 Å². The van der Waals surface area contributed by atoms with Crippen molar-refractivity contribution in [3.63, 3.8) is 0 Å². The highest BCUT2D eigenvalue weighted by atomic mass is 16.5. The summed E-state index contributed by atoms with van der Waals surface area (Å²) in [6, 6.07) is 6.13. The Hall–Kier alpha value is -2.28. The first kappa shape index (κ1) is 24.8. The van der Waals surface area contributed by atoms with Crippen LogP contribution in [0.15, 0.2) is 23.2 Å². The van der Waals surface area contributed by atoms with Gasteiger partial charge >= 0.3 is 0 Å². The van der Waals surface area contributed by atoms with E-state index in [0.717, 1.165) is 23.4 Å². The topological polar surface area (TPSA) is 84.0 Å². The number of carbonyl (C=O) groups excluding carboxylic acids is 1. The molecule has 0 atom stereocenters. The highest BCUT2D eigenvalue weighted by Gasteiger charge is 2.20. The van der Waals surface area contributed by atoms with Gasteiger partial charge in [-0.2, -0.15) is 0 Å². The number of carbonyl (C=O) groups is 1. The third-order valence-electron chi connectivity index (χ3n) is 4.05. The fourth-order valence-electron chi connectivity index (χ4n) is 2.41. The van der Waals surface area contributed by atoms with Gasteiger partial charge in [0.2, 0.25) is 5.91 Å². The first-order valence-corrected chi connectivity index (χ1v) is 10.4. The van der Waals surface area contributed by atoms with E-state index >= 15 is 0 Å². The Morgan fingerprint density at radius 1 is 1.07 bits per heavy atom. The van der Waals surface area contributed by atoms with Crippen LogP contribution < -0.4 is 20.7 Å². The molecule has 0 aliphatic heterocycles. The number of aliphatic imine (C=N–C) groups is 1. The van der Waals surface area contributed by atoms with Crippen molar-refractivity contribution in [3.05, 3.63) is 29.3 Å². The fraction of sp³-hybridized carbons (Fsp3) is 0.636. The molecule has 0 heterocycles. The van der Waals surface area contributed by atoms with Crippen LogP contribution in [-0.2, 0) is 16.1 Å². The average molecular weight is 407 g/mol. The van der Waals surface area contributed by atoms with Crippen LogP contribution in [0, 0.1) is 12.3 Å². The zero-order valence-corrected chi connectivity index (χ0v) is 18.9. The van der Waals surface area contributed by atoms with E-state index < -0.39 is 0 Å². The number of rotatable bonds is 11. The molecular formula is C22H38N4O3. The van der Waals surface area contributed by atoms with E-state index in [1.807, 2.05) is 53.7 Å². The molecule has 3 N–H and O–H groups in total. The quantitative estimate of drug-likeness (QED) is 0.299. The Bertz CT molecular complexity index is 654. The van der Waals surface area contributed by atoms with Crippen LogP contribution in [0.4, 0.5) is 0 Å². The van der Waals surface area contributed by atoms with Crippen molar-refractivity contribution in [1.29, 1.82) is 0 Å². The van der Waals surface area contributed by atoms with Crippen molar-refractivity contribution in [3.8, 4) is 5.75 Å². The van der Waals surface area contributed by atoms with Gasteiger partial charge in [-0.3, -0.25) is 4.79 Å². The third kappa shape index (κ3) is 10.2. The van der Waals surface area contributed by atoms with Gasteiger partial charge in [-0.1, -0.05) is 32.9 Å². The van der Waals surface area contributed by atoms with Crippen molar-refractivity contribution >= 4 is 11.9 Å². The van der Waals surface area contributed by atoms with E-state index in [-0.39, 0.29) is 11.3 Å². The highest BCUT2D eigenvalue weighted by molar-refractivity contribution is 5.81. The molecule has 0 fully saturated rings. The summed E-state index contributed by atoms with van der Waals surface area (Å²) in [5.41, 5.74) is 1.77. The largest absolute Gasteiger partial charge is 0.491 e. The molecule has 164 valence electrons. The zero-order valence-electron chi connectivity index (χ0n) is 18.9. The minimum Gasteiger partial charge on any atom is -0.491 e. The summed E-state index contributed by atoms with van der Waals surface area (Å²) >= 11 is 0. The van der Waals surface area contributed by atoms with Crippen LogP contribution in [0.2, 0.25) is 0 Å². The summed E-state index contributed by atoms with van der Waals surface area (Å²) in [5.74, 6) is 1.58. The SMILES string of the molecule is CCNC(=NCc1ccc(C)cc1OCCOCC)NCCNC(=O)C(C)(C)C. The molecule has 7 heteroatoms. The molecule has 0 bridgehead atoms. The van der Waals surface area contributed by atoms with Gasteiger partial charge in [0.1, 0.15) is 12.4 Å². The van der Waals surface area contributed by atoms with Gasteiger partial charge in [0.25, 0.3) is 0 Å². The van der Waals surface area contributed by atoms with Gasteiger partial charge in [0, 0.05) is 37.2 Å². The number of amides is 1. The first-order valence-electron chi connectivity index (χ1n) is 10.4. The van der Waals surface area contributed by atoms with E-state index in [4.69, 9.17) is 9.47 Å². The lowest BCUT2D eigenvalue weighted by Crippen LogP contribution is -2.43. The number of guanidine groups is 1. The van der Waals surface area contributed by atoms with E-state index in [1.54, 1.807) is 0 Å². The van der Waals surface area contributed by atoms with E-state index in [2.05, 4.69) is 27.0 Å². The van der Waals surface area contributed by atoms with Crippen LogP contribution in [-0.4, -0.2) is 51.3 Å². The normalized spacial score (nSPS) is 11.9. The lowest BCUT2D eigenvalue weighted by molar-refractivity contribution is -0.128. The predicted octanol–water partition coefficient (Wildman–Crippen LogP) is 2.63. The number of aryl methyl sites for hydroxylation is 1. The molecular weight excluding hydrogens is 368 g/mol. The second kappa shape index (κ2) is 13.0. The molecule has 0 spiro atoms. The number of nitrogens with one attached hydrogen (secondary N) is 3. The Morgan fingerprint density at radius 3 is 2.45 bits per heavy atom. The third-order valence-corrected chi connectivity index (χ3v) is 4.05. The minimum atomic E-state index is -0.386. The Morgan fingerprint density at radius 2 is 1.79 bits per heavy atom. The molecule has 29 heavy (non-hydrogen) atoms. The van der Waals surface area contributed by atoms with Crippen LogP contribution in [0.1, 0.15) is 45.7 Å². The number of ether oxygens (including phenoxy) is 2. The smallest absolute Gasteiger partial charge is 0.225 e. The Labute approximate surface area is 175 Å². The van der Waals surface area contributed by atoms with E-state index in [9.17, 15) is 4.79 Å². The number of benzene rings is 1. The monoisotopic (exact) mass is 406 g/mol. The molecule has 0 aliphatic rings. The zero-order chi connectivity index (χ0) is 21.7. The van der Waals surface area contributed by atoms with Gasteiger partial charge in [-0.25, -0.2) is 4.99 Å². The van der Waals surface area contributed by atoms with Gasteiger partial charge in [0.05, 0.1) is 13.2 Å². The standard InChI is InChI=1S/C22H38N4O3/c1-7-23-21(25-12-11-24-20(27)22(4,5)6)26-16-18-10-9-17(3)15-19(18)29-14-13-28-8-2/h9-10,15H,7-8,11-14,16H2,1-6H3,(H,24,27)(H2,23,25,26). The molecule has 1 amide bonds. The second-order valence-electron chi connectivity index (χ2n) is 7.78. The molecule has 1 aromatic carbocycles. The summed E-state index contributed by atoms with van der Waals surface area (Å²) in [6.07, 6.45) is 0. The molecule has 0 saturated carbocycles. The maximum absolute atomic E-state index is 11.9. The molecule has 0 radical (unpaired) electrons. The van der Waals surface area contributed by atoms with Crippen molar-refractivity contribution in [2.75, 3.05) is 39.5 Å². The molecule has 7 nitrogen and oxygen atoms in total. The minimum absolute atomic E-state index is 0.0368. The maximum Gasteiger partial charge on any atom is 0.225 e. The lowest BCUT2D eigenvalue weighted by Gasteiger charge is -2.18. The molecule has 0 unspecified atom stereocenters. The fourth-order valence-corrected chi connectivity index (χ4v) is 2.41. The van der Waals surface area contributed by atoms with Crippen molar-refractivity contribution < 1.29 is 14.3 Å². The predicted molar refractivity (Wildman–Crippen MR) is 118 cm³/mol. The Kier molecular flexibility index (Phi) is 11.1. The average Bonchev–Trinajstić information content (AvgIpc) is 2.66. The van der Waals surface area contributed by atoms with Gasteiger partial charge in [0.15, 0.2) is 5.96 Å². The van der Waals surface area contributed by atoms with Crippen LogP contribution >= 0.6 is 0 Å². The van der Waals surface area contributed by atoms with Gasteiger partial charge < -0.3 is 25.4 Å². The summed E-state index contributed by atoms with van der Waals surface area (Å²) < 4.78 is 11.2. The summed E-state index contributed by atoms with van der Waals surface area (Å²) in [4.78, 5) is 16.6. The van der Waals surface area contributed by atoms with Crippen LogP contribution in [0.25, 0.3) is 0 Å². The first-order chi connectivity index (χ1) is 13.8. The van der Waals surface area contributed by atoms with Crippen molar-refractivity contribution in [1.82, 2.24) is 16.0 Å². The second-order valence-corrected chi connectivity index (χ2v) is 7.78. The number of nitrogens with zero attached hydrogens (tertiary/aromatic N) is 1. The molecule has 1 aromatic rings. The summed E-state index contributed by atoms with van der Waals surface area (Å²) in [6.45, 7) is 15.9. The van der Waals surface area contributed by atoms with E-state index in [0.29, 0.717) is 45.4 Å². The summed E-state index contributed by atoms with van der Waals surface area (Å²) in [7, 11) is 0. The van der Waals surface area contributed by atoms with Crippen LogP contribution in [0.3, 0.4) is 0 Å². The molecule has 0 aromatic heterocycles.